The number of para-hydroxylation sites is 1. The minimum Gasteiger partial charge on any atom is -0.333 e. The molecule has 6 nitrogen and oxygen atoms in total. The van der Waals surface area contributed by atoms with Gasteiger partial charge in [0.25, 0.3) is 0 Å². The number of amides is 3. The van der Waals surface area contributed by atoms with Gasteiger partial charge in [0.15, 0.2) is 0 Å². The van der Waals surface area contributed by atoms with Crippen molar-refractivity contribution in [2.24, 2.45) is 5.92 Å². The summed E-state index contributed by atoms with van der Waals surface area (Å²) in [6.45, 7) is 4.89. The summed E-state index contributed by atoms with van der Waals surface area (Å²) < 4.78 is 0. The van der Waals surface area contributed by atoms with Crippen molar-refractivity contribution in [3.63, 3.8) is 0 Å². The van der Waals surface area contributed by atoms with Crippen LogP contribution in [0.2, 0.25) is 0 Å². The molecule has 2 atom stereocenters. The molecule has 2 unspecified atom stereocenters. The molecule has 4 rings (SSSR count). The fourth-order valence-corrected chi connectivity index (χ4v) is 4.70. The highest BCUT2D eigenvalue weighted by atomic mass is 32.1. The molecule has 3 aromatic rings. The van der Waals surface area contributed by atoms with Crippen LogP contribution in [0.3, 0.4) is 0 Å². The number of urea groups is 1. The maximum Gasteiger partial charge on any atom is 0.323 e. The number of nitrogens with one attached hydrogen (secondary N) is 2. The van der Waals surface area contributed by atoms with Gasteiger partial charge in [0, 0.05) is 29.5 Å². The van der Waals surface area contributed by atoms with Crippen molar-refractivity contribution in [1.29, 1.82) is 0 Å². The van der Waals surface area contributed by atoms with E-state index in [2.05, 4.69) is 22.5 Å². The van der Waals surface area contributed by atoms with E-state index < -0.39 is 0 Å². The third kappa shape index (κ3) is 5.11. The average Bonchev–Trinajstić information content (AvgIpc) is 3.41. The van der Waals surface area contributed by atoms with Crippen LogP contribution in [0.4, 0.5) is 16.2 Å². The second-order valence-corrected chi connectivity index (χ2v) is 8.97. The molecule has 1 aromatic heterocycles. The molecule has 2 N–H and O–H groups in total. The lowest BCUT2D eigenvalue weighted by molar-refractivity contribution is -0.131. The molecule has 160 valence electrons. The first-order valence-electron chi connectivity index (χ1n) is 10.4. The Balaban J connectivity index is 1.35. The Kier molecular flexibility index (Phi) is 6.32. The van der Waals surface area contributed by atoms with Gasteiger partial charge in [-0.1, -0.05) is 37.3 Å². The number of thiazole rings is 1. The Morgan fingerprint density at radius 3 is 2.61 bits per heavy atom. The van der Waals surface area contributed by atoms with Gasteiger partial charge in [-0.05, 0) is 48.6 Å². The lowest BCUT2D eigenvalue weighted by Crippen LogP contribution is -2.32. The first-order valence-corrected chi connectivity index (χ1v) is 11.3. The fourth-order valence-electron chi connectivity index (χ4n) is 3.93. The van der Waals surface area contributed by atoms with Crippen LogP contribution in [0.25, 0.3) is 0 Å². The monoisotopic (exact) mass is 434 g/mol. The van der Waals surface area contributed by atoms with Crippen molar-refractivity contribution in [3.8, 4) is 0 Å². The van der Waals surface area contributed by atoms with E-state index in [1.165, 1.54) is 0 Å². The molecule has 1 fully saturated rings. The van der Waals surface area contributed by atoms with Gasteiger partial charge in [-0.2, -0.15) is 0 Å². The molecule has 3 amide bonds. The van der Waals surface area contributed by atoms with E-state index in [1.54, 1.807) is 17.5 Å². The highest BCUT2D eigenvalue weighted by molar-refractivity contribution is 7.09. The van der Waals surface area contributed by atoms with E-state index in [4.69, 9.17) is 0 Å². The maximum atomic E-state index is 13.0. The number of hydrogen-bond donors (Lipinski definition) is 2. The predicted molar refractivity (Wildman–Crippen MR) is 124 cm³/mol. The van der Waals surface area contributed by atoms with Crippen LogP contribution in [0, 0.1) is 12.8 Å². The molecule has 0 saturated carbocycles. The van der Waals surface area contributed by atoms with Gasteiger partial charge < -0.3 is 15.5 Å². The maximum absolute atomic E-state index is 13.0. The number of carbonyl (C=O) groups excluding carboxylic acids is 2. The number of hydrogen-bond acceptors (Lipinski definition) is 4. The van der Waals surface area contributed by atoms with Crippen molar-refractivity contribution in [3.05, 3.63) is 76.2 Å². The molecule has 0 bridgehead atoms. The molecule has 1 aliphatic heterocycles. The lowest BCUT2D eigenvalue weighted by Gasteiger charge is -2.23. The summed E-state index contributed by atoms with van der Waals surface area (Å²) in [6, 6.07) is 14.8. The van der Waals surface area contributed by atoms with Crippen molar-refractivity contribution in [2.75, 3.05) is 17.2 Å². The number of benzene rings is 2. The lowest BCUT2D eigenvalue weighted by atomic mass is 10.1. The van der Waals surface area contributed by atoms with Gasteiger partial charge in [-0.15, -0.1) is 11.3 Å². The van der Waals surface area contributed by atoms with Gasteiger partial charge in [-0.25, -0.2) is 9.78 Å². The van der Waals surface area contributed by atoms with Gasteiger partial charge in [-0.3, -0.25) is 4.79 Å². The number of aromatic nitrogens is 1. The molecular weight excluding hydrogens is 408 g/mol. The van der Waals surface area contributed by atoms with Crippen LogP contribution in [0.1, 0.15) is 35.5 Å². The molecule has 0 radical (unpaired) electrons. The molecule has 0 spiro atoms. The van der Waals surface area contributed by atoms with E-state index in [-0.39, 0.29) is 18.0 Å². The summed E-state index contributed by atoms with van der Waals surface area (Å²) in [7, 11) is 0. The Morgan fingerprint density at radius 2 is 1.90 bits per heavy atom. The topological polar surface area (TPSA) is 74.3 Å². The van der Waals surface area contributed by atoms with Crippen molar-refractivity contribution < 1.29 is 9.59 Å². The zero-order chi connectivity index (χ0) is 21.8. The third-order valence-electron chi connectivity index (χ3n) is 5.53. The second kappa shape index (κ2) is 9.31. The van der Waals surface area contributed by atoms with E-state index in [1.807, 2.05) is 65.7 Å². The van der Waals surface area contributed by atoms with Crippen LogP contribution >= 0.6 is 11.3 Å². The molecule has 2 heterocycles. The van der Waals surface area contributed by atoms with Gasteiger partial charge >= 0.3 is 6.03 Å². The quantitative estimate of drug-likeness (QED) is 0.576. The van der Waals surface area contributed by atoms with E-state index in [0.717, 1.165) is 34.8 Å². The molecule has 1 aliphatic rings. The van der Waals surface area contributed by atoms with Crippen molar-refractivity contribution in [2.45, 2.75) is 32.7 Å². The number of carbonyl (C=O) groups is 2. The van der Waals surface area contributed by atoms with E-state index >= 15 is 0 Å². The number of aryl methyl sites for hydroxylation is 1. The largest absolute Gasteiger partial charge is 0.333 e. The molecule has 7 heteroatoms. The molecule has 0 aliphatic carbocycles. The molecular formula is C24H26N4O2S. The SMILES string of the molecule is Cc1ccccc1NC(=O)Nc1ccc(CC(=O)N2CC(C)CC2c2nccs2)cc1. The summed E-state index contributed by atoms with van der Waals surface area (Å²) in [5, 5.41) is 8.65. The van der Waals surface area contributed by atoms with Gasteiger partial charge in [0.2, 0.25) is 5.91 Å². The minimum absolute atomic E-state index is 0.0774. The number of likely N-dealkylation sites (tertiary alicyclic amines) is 1. The van der Waals surface area contributed by atoms with Crippen LogP contribution < -0.4 is 10.6 Å². The zero-order valence-electron chi connectivity index (χ0n) is 17.7. The van der Waals surface area contributed by atoms with Gasteiger partial charge in [0.1, 0.15) is 5.01 Å². The zero-order valence-corrected chi connectivity index (χ0v) is 18.5. The molecule has 1 saturated heterocycles. The summed E-state index contributed by atoms with van der Waals surface area (Å²) >= 11 is 1.61. The first-order chi connectivity index (χ1) is 15.0. The highest BCUT2D eigenvalue weighted by Gasteiger charge is 2.35. The van der Waals surface area contributed by atoms with Crippen molar-refractivity contribution in [1.82, 2.24) is 9.88 Å². The van der Waals surface area contributed by atoms with Crippen LogP contribution in [-0.4, -0.2) is 28.4 Å². The Labute approximate surface area is 186 Å². The molecule has 2 aromatic carbocycles. The summed E-state index contributed by atoms with van der Waals surface area (Å²) in [5.41, 5.74) is 3.38. The smallest absolute Gasteiger partial charge is 0.323 e. The van der Waals surface area contributed by atoms with Crippen LogP contribution in [-0.2, 0) is 11.2 Å². The van der Waals surface area contributed by atoms with Crippen LogP contribution in [0.15, 0.2) is 60.1 Å². The summed E-state index contributed by atoms with van der Waals surface area (Å²) in [5.74, 6) is 0.582. The standard InChI is InChI=1S/C24H26N4O2S/c1-16-13-21(23-25-11-12-31-23)28(15-16)22(29)14-18-7-9-19(10-8-18)26-24(30)27-20-6-4-3-5-17(20)2/h3-12,16,21H,13-15H2,1-2H3,(H2,26,27,30). The Hall–Kier alpha value is -3.19. The van der Waals surface area contributed by atoms with E-state index in [0.29, 0.717) is 18.0 Å². The van der Waals surface area contributed by atoms with E-state index in [9.17, 15) is 9.59 Å². The average molecular weight is 435 g/mol. The first kappa shape index (κ1) is 21.1. The number of nitrogens with zero attached hydrogens (tertiary/aromatic N) is 2. The highest BCUT2D eigenvalue weighted by Crippen LogP contribution is 2.36. The number of anilines is 2. The van der Waals surface area contributed by atoms with Crippen molar-refractivity contribution >= 4 is 34.6 Å². The molecule has 31 heavy (non-hydrogen) atoms. The Morgan fingerprint density at radius 1 is 1.13 bits per heavy atom. The second-order valence-electron chi connectivity index (χ2n) is 8.04. The normalized spacial score (nSPS) is 18.1. The predicted octanol–water partition coefficient (Wildman–Crippen LogP) is 5.25. The Bertz CT molecular complexity index is 1050. The minimum atomic E-state index is -0.296. The summed E-state index contributed by atoms with van der Waals surface area (Å²) in [4.78, 5) is 31.6. The fraction of sp³-hybridized carbons (Fsp3) is 0.292. The third-order valence-corrected chi connectivity index (χ3v) is 6.40. The van der Waals surface area contributed by atoms with Crippen LogP contribution in [0.5, 0.6) is 0 Å². The number of rotatable bonds is 5. The summed E-state index contributed by atoms with van der Waals surface area (Å²) in [6.07, 6.45) is 3.09. The van der Waals surface area contributed by atoms with Gasteiger partial charge in [0.05, 0.1) is 12.5 Å².